The average Bonchev–Trinajstić information content (AvgIpc) is 2.90. The normalized spacial score (nSPS) is 32.7. The van der Waals surface area contributed by atoms with Gasteiger partial charge in [-0.05, 0) is 24.6 Å². The van der Waals surface area contributed by atoms with Crippen molar-refractivity contribution < 1.29 is 41.0 Å². The third-order valence-corrected chi connectivity index (χ3v) is 7.06. The first-order valence-electron chi connectivity index (χ1n) is 9.84. The van der Waals surface area contributed by atoms with Gasteiger partial charge in [0.1, 0.15) is 0 Å². The fraction of sp³-hybridized carbons (Fsp3) is 0.500. The van der Waals surface area contributed by atoms with Gasteiger partial charge >= 0.3 is 12.4 Å². The first kappa shape index (κ1) is 22.5. The Morgan fingerprint density at radius 1 is 1.24 bits per heavy atom. The van der Waals surface area contributed by atoms with E-state index in [1.807, 2.05) is 0 Å². The minimum absolute atomic E-state index is 0.0186. The quantitative estimate of drug-likeness (QED) is 0.633. The van der Waals surface area contributed by atoms with E-state index in [1.165, 1.54) is 7.05 Å². The Morgan fingerprint density at radius 2 is 1.94 bits per heavy atom. The van der Waals surface area contributed by atoms with Crippen LogP contribution in [0.1, 0.15) is 29.7 Å². The number of nitrogens with zero attached hydrogens (tertiary/aromatic N) is 2. The first-order valence-corrected chi connectivity index (χ1v) is 10.2. The number of ether oxygens (including phenoxy) is 1. The summed E-state index contributed by atoms with van der Waals surface area (Å²) < 4.78 is 87.3. The molecule has 2 aliphatic heterocycles. The van der Waals surface area contributed by atoms with Gasteiger partial charge < -0.3 is 15.2 Å². The van der Waals surface area contributed by atoms with Gasteiger partial charge in [0, 0.05) is 41.4 Å². The molecule has 5 atom stereocenters. The summed E-state index contributed by atoms with van der Waals surface area (Å²) in [6.07, 6.45) is -11.5. The number of amides is 1. The number of aliphatic hydroxyl groups excluding tert-OH is 1. The van der Waals surface area contributed by atoms with Crippen molar-refractivity contribution in [3.8, 4) is 0 Å². The number of anilines is 1. The third kappa shape index (κ3) is 3.03. The molecule has 1 saturated carbocycles. The van der Waals surface area contributed by atoms with E-state index < -0.39 is 58.7 Å². The molecule has 2 saturated heterocycles. The zero-order valence-corrected chi connectivity index (χ0v) is 17.5. The van der Waals surface area contributed by atoms with E-state index in [0.29, 0.717) is 12.1 Å². The number of carbonyl (C=O) groups excluding carboxylic acids is 1. The monoisotopic (exact) mass is 495 g/mol. The lowest BCUT2D eigenvalue weighted by molar-refractivity contribution is -0.143. The fourth-order valence-corrected chi connectivity index (χ4v) is 5.82. The molecular formula is C20H16ClF6N3O3. The highest BCUT2D eigenvalue weighted by Gasteiger charge is 2.88. The van der Waals surface area contributed by atoms with Crippen molar-refractivity contribution in [1.29, 1.82) is 0 Å². The summed E-state index contributed by atoms with van der Waals surface area (Å²) in [6.45, 7) is 0. The van der Waals surface area contributed by atoms with E-state index in [1.54, 1.807) is 0 Å². The molecule has 2 bridgehead atoms. The predicted octanol–water partition coefficient (Wildman–Crippen LogP) is 3.91. The van der Waals surface area contributed by atoms with Gasteiger partial charge in [0.25, 0.3) is 0 Å². The Kier molecular flexibility index (Phi) is 4.52. The Morgan fingerprint density at radius 3 is 2.58 bits per heavy atom. The van der Waals surface area contributed by atoms with E-state index in [9.17, 15) is 36.2 Å². The first-order chi connectivity index (χ1) is 15.2. The van der Waals surface area contributed by atoms with E-state index in [2.05, 4.69) is 10.4 Å². The summed E-state index contributed by atoms with van der Waals surface area (Å²) in [5.74, 6) is -0.797. The molecule has 33 heavy (non-hydrogen) atoms. The van der Waals surface area contributed by atoms with Crippen molar-refractivity contribution >= 4 is 23.2 Å². The molecular weight excluding hydrogens is 480 g/mol. The second kappa shape index (κ2) is 6.63. The Bertz CT molecular complexity index is 1160. The lowest BCUT2D eigenvalue weighted by atomic mass is 9.73. The number of fused-ring (bicyclic) bond motifs is 5. The molecule has 1 amide bonds. The second-order valence-corrected chi connectivity index (χ2v) is 9.15. The molecule has 2 N–H and O–H groups in total. The zero-order valence-electron chi connectivity index (χ0n) is 16.8. The highest BCUT2D eigenvalue weighted by atomic mass is 35.5. The molecule has 3 fully saturated rings. The molecule has 1 aliphatic carbocycles. The SMILES string of the molecule is Cn1cc([C@@]23C[C@]2(C(=O)Nc2cc(Cl)cc(C(F)(F)F)c2)[C@H]2C[C@H](O)[C@@H]3O2)c(C(F)(F)F)n1. The minimum Gasteiger partial charge on any atom is -0.390 e. The van der Waals surface area contributed by atoms with Crippen molar-refractivity contribution in [3.63, 3.8) is 0 Å². The molecule has 3 aliphatic rings. The van der Waals surface area contributed by atoms with Gasteiger partial charge in [-0.3, -0.25) is 9.48 Å². The van der Waals surface area contributed by atoms with Crippen LogP contribution < -0.4 is 5.32 Å². The highest BCUT2D eigenvalue weighted by molar-refractivity contribution is 6.31. The van der Waals surface area contributed by atoms with Crippen LogP contribution in [-0.4, -0.2) is 39.1 Å². The smallest absolute Gasteiger partial charge is 0.390 e. The summed E-state index contributed by atoms with van der Waals surface area (Å²) in [6, 6.07) is 2.50. The van der Waals surface area contributed by atoms with Crippen LogP contribution in [0.2, 0.25) is 5.02 Å². The summed E-state index contributed by atoms with van der Waals surface area (Å²) in [5, 5.41) is 16.0. The number of carbonyl (C=O) groups is 1. The Labute approximate surface area is 187 Å². The van der Waals surface area contributed by atoms with Crippen molar-refractivity contribution in [3.05, 3.63) is 46.2 Å². The largest absolute Gasteiger partial charge is 0.435 e. The number of benzene rings is 1. The molecule has 3 heterocycles. The molecule has 0 unspecified atom stereocenters. The fourth-order valence-electron chi connectivity index (χ4n) is 5.59. The molecule has 0 radical (unpaired) electrons. The predicted molar refractivity (Wildman–Crippen MR) is 101 cm³/mol. The van der Waals surface area contributed by atoms with Gasteiger partial charge in [-0.25, -0.2) is 0 Å². The third-order valence-electron chi connectivity index (χ3n) is 6.85. The van der Waals surface area contributed by atoms with Crippen molar-refractivity contribution in [1.82, 2.24) is 9.78 Å². The van der Waals surface area contributed by atoms with Crippen molar-refractivity contribution in [2.24, 2.45) is 12.5 Å². The molecule has 178 valence electrons. The molecule has 6 nitrogen and oxygen atoms in total. The molecule has 1 aromatic heterocycles. The number of rotatable bonds is 3. The van der Waals surface area contributed by atoms with Crippen LogP contribution in [0.25, 0.3) is 0 Å². The molecule has 13 heteroatoms. The van der Waals surface area contributed by atoms with Crippen LogP contribution in [0.3, 0.4) is 0 Å². The number of hydrogen-bond acceptors (Lipinski definition) is 4. The maximum Gasteiger partial charge on any atom is 0.435 e. The molecule has 0 spiro atoms. The Hall–Kier alpha value is -2.31. The number of aliphatic hydroxyl groups is 1. The summed E-state index contributed by atoms with van der Waals surface area (Å²) in [5.41, 5.74) is -5.81. The number of halogens is 7. The minimum atomic E-state index is -4.82. The van der Waals surface area contributed by atoms with Gasteiger partial charge in [-0.15, -0.1) is 0 Å². The highest BCUT2D eigenvalue weighted by Crippen LogP contribution is 2.78. The summed E-state index contributed by atoms with van der Waals surface area (Å²) >= 11 is 5.78. The topological polar surface area (TPSA) is 76.4 Å². The number of hydrogen-bond donors (Lipinski definition) is 2. The lowest BCUT2D eigenvalue weighted by Crippen LogP contribution is -2.45. The standard InChI is InChI=1S/C20H16ClF6N3O3/c1-30-6-11(14(29-30)20(25,26)27)17-7-18(17,13-5-12(31)15(17)33-13)16(32)28-10-3-8(19(22,23)24)2-9(21)4-10/h2-4,6,12-13,15,31H,5,7H2,1H3,(H,28,32)/t12-,13+,15-,17+,18+/m0/s1. The number of aryl methyl sites for hydroxylation is 1. The van der Waals surface area contributed by atoms with E-state index in [4.69, 9.17) is 16.3 Å². The Balaban J connectivity index is 1.56. The van der Waals surface area contributed by atoms with Gasteiger partial charge in [-0.1, -0.05) is 11.6 Å². The van der Waals surface area contributed by atoms with Crippen LogP contribution in [-0.2, 0) is 34.3 Å². The number of alkyl halides is 6. The molecule has 2 aromatic rings. The zero-order chi connectivity index (χ0) is 24.1. The summed E-state index contributed by atoms with van der Waals surface area (Å²) in [7, 11) is 1.30. The second-order valence-electron chi connectivity index (χ2n) is 8.71. The van der Waals surface area contributed by atoms with E-state index in [0.717, 1.165) is 16.9 Å². The van der Waals surface area contributed by atoms with Crippen molar-refractivity contribution in [2.75, 3.05) is 5.32 Å². The summed E-state index contributed by atoms with van der Waals surface area (Å²) in [4.78, 5) is 13.4. The molecule has 5 rings (SSSR count). The van der Waals surface area contributed by atoms with Crippen LogP contribution in [0.15, 0.2) is 24.4 Å². The van der Waals surface area contributed by atoms with Gasteiger partial charge in [0.05, 0.1) is 29.3 Å². The van der Waals surface area contributed by atoms with Crippen LogP contribution in [0, 0.1) is 5.41 Å². The maximum absolute atomic E-state index is 13.7. The lowest BCUT2D eigenvalue weighted by Gasteiger charge is -2.29. The maximum atomic E-state index is 13.7. The van der Waals surface area contributed by atoms with E-state index in [-0.39, 0.29) is 29.1 Å². The van der Waals surface area contributed by atoms with Crippen molar-refractivity contribution in [2.45, 2.75) is 48.9 Å². The number of aromatic nitrogens is 2. The van der Waals surface area contributed by atoms with Crippen LogP contribution in [0.4, 0.5) is 32.0 Å². The van der Waals surface area contributed by atoms with Crippen LogP contribution >= 0.6 is 11.6 Å². The van der Waals surface area contributed by atoms with Gasteiger partial charge in [-0.2, -0.15) is 31.4 Å². The number of nitrogens with one attached hydrogen (secondary N) is 1. The average molecular weight is 496 g/mol. The van der Waals surface area contributed by atoms with E-state index >= 15 is 0 Å². The van der Waals surface area contributed by atoms with Gasteiger partial charge in [0.2, 0.25) is 5.91 Å². The molecule has 1 aromatic carbocycles. The van der Waals surface area contributed by atoms with Crippen LogP contribution in [0.5, 0.6) is 0 Å². The van der Waals surface area contributed by atoms with Gasteiger partial charge in [0.15, 0.2) is 5.69 Å².